The molecule has 0 aromatic carbocycles. The van der Waals surface area contributed by atoms with E-state index in [0.717, 1.165) is 0 Å². The molecule has 0 fully saturated rings. The van der Waals surface area contributed by atoms with Crippen LogP contribution >= 0.6 is 15.9 Å². The Morgan fingerprint density at radius 2 is 2.50 bits per heavy atom. The van der Waals surface area contributed by atoms with Gasteiger partial charge in [-0.05, 0) is 22.9 Å². The molecule has 0 spiro atoms. The summed E-state index contributed by atoms with van der Waals surface area (Å²) in [6, 6.07) is 0. The van der Waals surface area contributed by atoms with Gasteiger partial charge in [-0.15, -0.1) is 0 Å². The highest BCUT2D eigenvalue weighted by atomic mass is 79.9. The van der Waals surface area contributed by atoms with Crippen LogP contribution in [0.1, 0.15) is 6.92 Å². The monoisotopic (exact) mass is 178 g/mol. The number of hydrogen-bond acceptors (Lipinski definition) is 2. The van der Waals surface area contributed by atoms with E-state index >= 15 is 0 Å². The number of rotatable bonds is 3. The lowest BCUT2D eigenvalue weighted by Gasteiger charge is -1.89. The Bertz CT molecular complexity index is 98.6. The number of halogens is 1. The smallest absolute Gasteiger partial charge is 0.160 e. The molecule has 0 aromatic rings. The second-order valence-electron chi connectivity index (χ2n) is 1.08. The average molecular weight is 179 g/mol. The quantitative estimate of drug-likeness (QED) is 0.372. The van der Waals surface area contributed by atoms with Crippen LogP contribution in [0, 0.1) is 0 Å². The zero-order valence-corrected chi connectivity index (χ0v) is 6.14. The third-order valence-corrected chi connectivity index (χ3v) is 0.849. The van der Waals surface area contributed by atoms with Crippen molar-refractivity contribution in [3.63, 3.8) is 0 Å². The van der Waals surface area contributed by atoms with E-state index in [1.807, 2.05) is 6.92 Å². The normalized spacial score (nSPS) is 11.0. The zero-order chi connectivity index (χ0) is 6.41. The zero-order valence-electron chi connectivity index (χ0n) is 4.56. The Labute approximate surface area is 56.7 Å². The number of allylic oxidation sites excluding steroid dienone is 1. The van der Waals surface area contributed by atoms with Crippen molar-refractivity contribution >= 4 is 22.2 Å². The fraction of sp³-hybridized carbons (Fsp3) is 0.400. The predicted molar refractivity (Wildman–Crippen MR) is 34.7 cm³/mol. The molecule has 0 amide bonds. The highest BCUT2D eigenvalue weighted by Gasteiger charge is 1.82. The molecule has 0 N–H and O–H groups in total. The van der Waals surface area contributed by atoms with Crippen LogP contribution in [0.4, 0.5) is 0 Å². The number of ether oxygens (including phenoxy) is 1. The summed E-state index contributed by atoms with van der Waals surface area (Å²) in [4.78, 5) is 9.82. The Morgan fingerprint density at radius 1 is 1.88 bits per heavy atom. The van der Waals surface area contributed by atoms with Gasteiger partial charge in [0.05, 0.1) is 11.1 Å². The molecule has 0 aliphatic rings. The molecule has 0 radical (unpaired) electrons. The maximum absolute atomic E-state index is 9.82. The van der Waals surface area contributed by atoms with Gasteiger partial charge in [0, 0.05) is 0 Å². The summed E-state index contributed by atoms with van der Waals surface area (Å²) in [6.45, 7) is 2.44. The second kappa shape index (κ2) is 4.84. The fourth-order valence-corrected chi connectivity index (χ4v) is 0.323. The van der Waals surface area contributed by atoms with E-state index < -0.39 is 0 Å². The number of carbonyl (C=O) groups is 1. The molecular formula is C5H7BrO2. The van der Waals surface area contributed by atoms with Crippen LogP contribution < -0.4 is 0 Å². The van der Waals surface area contributed by atoms with Crippen molar-refractivity contribution in [2.75, 3.05) is 6.61 Å². The van der Waals surface area contributed by atoms with Crippen molar-refractivity contribution in [3.8, 4) is 0 Å². The first-order chi connectivity index (χ1) is 3.81. The highest BCUT2D eigenvalue weighted by molar-refractivity contribution is 9.12. The van der Waals surface area contributed by atoms with Gasteiger partial charge in [0.2, 0.25) is 0 Å². The van der Waals surface area contributed by atoms with E-state index in [1.54, 1.807) is 0 Å². The average Bonchev–Trinajstić information content (AvgIpc) is 1.83. The van der Waals surface area contributed by atoms with Crippen molar-refractivity contribution in [3.05, 3.63) is 10.7 Å². The summed E-state index contributed by atoms with van der Waals surface area (Å²) in [7, 11) is 0. The van der Waals surface area contributed by atoms with E-state index in [0.29, 0.717) is 17.4 Å². The third kappa shape index (κ3) is 3.87. The summed E-state index contributed by atoms with van der Waals surface area (Å²) in [5, 5.41) is 0. The maximum atomic E-state index is 9.82. The molecule has 0 rings (SSSR count). The SMILES string of the molecule is CCOC=C(Br)C=O. The van der Waals surface area contributed by atoms with Gasteiger partial charge in [0.25, 0.3) is 0 Å². The molecule has 0 aliphatic heterocycles. The van der Waals surface area contributed by atoms with Crippen LogP contribution in [-0.4, -0.2) is 12.9 Å². The number of carbonyl (C=O) groups excluding carboxylic acids is 1. The second-order valence-corrected chi connectivity index (χ2v) is 1.99. The highest BCUT2D eigenvalue weighted by Crippen LogP contribution is 1.98. The molecule has 0 saturated carbocycles. The summed E-state index contributed by atoms with van der Waals surface area (Å²) >= 11 is 2.95. The maximum Gasteiger partial charge on any atom is 0.160 e. The molecule has 0 saturated heterocycles. The van der Waals surface area contributed by atoms with Crippen LogP contribution in [0.3, 0.4) is 0 Å². The first-order valence-electron chi connectivity index (χ1n) is 2.23. The van der Waals surface area contributed by atoms with Gasteiger partial charge >= 0.3 is 0 Å². The van der Waals surface area contributed by atoms with Gasteiger partial charge in [-0.1, -0.05) is 0 Å². The molecule has 8 heavy (non-hydrogen) atoms. The first kappa shape index (κ1) is 7.69. The molecule has 2 nitrogen and oxygen atoms in total. The van der Waals surface area contributed by atoms with Gasteiger partial charge in [-0.2, -0.15) is 0 Å². The van der Waals surface area contributed by atoms with Crippen molar-refractivity contribution in [1.29, 1.82) is 0 Å². The Hall–Kier alpha value is -0.310. The van der Waals surface area contributed by atoms with Crippen LogP contribution in [0.5, 0.6) is 0 Å². The molecule has 0 aliphatic carbocycles. The third-order valence-electron chi connectivity index (χ3n) is 0.475. The standard InChI is InChI=1S/C5H7BrO2/c1-2-8-4-5(6)3-7/h3-4H,2H2,1H3. The summed E-state index contributed by atoms with van der Waals surface area (Å²) in [6.07, 6.45) is 2.04. The van der Waals surface area contributed by atoms with E-state index in [9.17, 15) is 4.79 Å². The molecule has 0 heterocycles. The van der Waals surface area contributed by atoms with Crippen LogP contribution in [0.2, 0.25) is 0 Å². The van der Waals surface area contributed by atoms with Gasteiger partial charge in [-0.25, -0.2) is 0 Å². The topological polar surface area (TPSA) is 26.3 Å². The van der Waals surface area contributed by atoms with Gasteiger partial charge in [0.1, 0.15) is 6.26 Å². The molecular weight excluding hydrogens is 172 g/mol. The molecule has 0 bridgehead atoms. The lowest BCUT2D eigenvalue weighted by atomic mass is 10.7. The fourth-order valence-electron chi connectivity index (χ4n) is 0.191. The number of aldehydes is 1. The summed E-state index contributed by atoms with van der Waals surface area (Å²) < 4.78 is 5.18. The Balaban J connectivity index is 3.40. The minimum atomic E-state index is 0.430. The van der Waals surface area contributed by atoms with Crippen molar-refractivity contribution < 1.29 is 9.53 Å². The molecule has 0 atom stereocenters. The molecule has 0 unspecified atom stereocenters. The van der Waals surface area contributed by atoms with Crippen LogP contribution in [0.15, 0.2) is 10.7 Å². The summed E-state index contributed by atoms with van der Waals surface area (Å²) in [5.74, 6) is 0. The van der Waals surface area contributed by atoms with Crippen molar-refractivity contribution in [1.82, 2.24) is 0 Å². The number of hydrogen-bond donors (Lipinski definition) is 0. The van der Waals surface area contributed by atoms with Crippen LogP contribution in [-0.2, 0) is 9.53 Å². The van der Waals surface area contributed by atoms with Gasteiger partial charge in [-0.3, -0.25) is 4.79 Å². The largest absolute Gasteiger partial charge is 0.500 e. The Morgan fingerprint density at radius 3 is 2.88 bits per heavy atom. The van der Waals surface area contributed by atoms with Crippen LogP contribution in [0.25, 0.3) is 0 Å². The lowest BCUT2D eigenvalue weighted by Crippen LogP contribution is -1.79. The van der Waals surface area contributed by atoms with E-state index in [-0.39, 0.29) is 0 Å². The van der Waals surface area contributed by atoms with Crippen molar-refractivity contribution in [2.24, 2.45) is 0 Å². The van der Waals surface area contributed by atoms with Crippen molar-refractivity contribution in [2.45, 2.75) is 6.92 Å². The summed E-state index contributed by atoms with van der Waals surface area (Å²) in [5.41, 5.74) is 0. The van der Waals surface area contributed by atoms with E-state index in [1.165, 1.54) is 6.26 Å². The Kier molecular flexibility index (Phi) is 4.65. The first-order valence-corrected chi connectivity index (χ1v) is 3.03. The molecule has 46 valence electrons. The molecule has 3 heteroatoms. The minimum absolute atomic E-state index is 0.430. The minimum Gasteiger partial charge on any atom is -0.500 e. The molecule has 0 aromatic heterocycles. The lowest BCUT2D eigenvalue weighted by molar-refractivity contribution is -0.104. The van der Waals surface area contributed by atoms with E-state index in [2.05, 4.69) is 15.9 Å². The van der Waals surface area contributed by atoms with Gasteiger partial charge in [0.15, 0.2) is 6.29 Å². The van der Waals surface area contributed by atoms with Gasteiger partial charge < -0.3 is 4.74 Å². The predicted octanol–water partition coefficient (Wildman–Crippen LogP) is 1.46. The van der Waals surface area contributed by atoms with E-state index in [4.69, 9.17) is 4.74 Å².